The molecule has 1 amide bonds. The van der Waals surface area contributed by atoms with Gasteiger partial charge in [0, 0.05) is 28.7 Å². The van der Waals surface area contributed by atoms with E-state index in [1.807, 2.05) is 6.92 Å². The van der Waals surface area contributed by atoms with Crippen molar-refractivity contribution in [2.24, 2.45) is 0 Å². The fourth-order valence-electron chi connectivity index (χ4n) is 1.75. The minimum Gasteiger partial charge on any atom is -0.348 e. The molecule has 0 fully saturated rings. The van der Waals surface area contributed by atoms with Crippen molar-refractivity contribution in [1.82, 2.24) is 5.32 Å². The highest BCUT2D eigenvalue weighted by molar-refractivity contribution is 8.13. The Morgan fingerprint density at radius 2 is 2.15 bits per heavy atom. The fourth-order valence-corrected chi connectivity index (χ4v) is 2.58. The van der Waals surface area contributed by atoms with E-state index in [1.165, 1.54) is 18.2 Å². The van der Waals surface area contributed by atoms with E-state index in [2.05, 4.69) is 11.2 Å². The summed E-state index contributed by atoms with van der Waals surface area (Å²) in [6, 6.07) is 4.04. The van der Waals surface area contributed by atoms with Crippen LogP contribution in [0.15, 0.2) is 23.1 Å². The quantitative estimate of drug-likeness (QED) is 0.671. The van der Waals surface area contributed by atoms with Crippen LogP contribution >= 0.6 is 10.7 Å². The molecule has 108 valence electrons. The molecule has 0 bridgehead atoms. The zero-order valence-corrected chi connectivity index (χ0v) is 12.9. The molecule has 20 heavy (non-hydrogen) atoms. The van der Waals surface area contributed by atoms with Gasteiger partial charge in [0.25, 0.3) is 15.0 Å². The van der Waals surface area contributed by atoms with Gasteiger partial charge in [-0.2, -0.15) is 0 Å². The zero-order chi connectivity index (χ0) is 15.3. The van der Waals surface area contributed by atoms with Gasteiger partial charge < -0.3 is 5.32 Å². The van der Waals surface area contributed by atoms with Gasteiger partial charge in [-0.3, -0.25) is 4.79 Å². The van der Waals surface area contributed by atoms with Gasteiger partial charge in [0.15, 0.2) is 0 Å². The van der Waals surface area contributed by atoms with E-state index in [1.54, 1.807) is 6.92 Å². The van der Waals surface area contributed by atoms with Crippen LogP contribution in [0.1, 0.15) is 35.7 Å². The van der Waals surface area contributed by atoms with Gasteiger partial charge in [-0.1, -0.05) is 6.92 Å². The maximum Gasteiger partial charge on any atom is 0.261 e. The van der Waals surface area contributed by atoms with Gasteiger partial charge in [-0.05, 0) is 37.1 Å². The molecule has 1 aromatic carbocycles. The van der Waals surface area contributed by atoms with Gasteiger partial charge in [-0.15, -0.1) is 12.3 Å². The number of hydrogen-bond acceptors (Lipinski definition) is 3. The predicted molar refractivity (Wildman–Crippen MR) is 79.2 cm³/mol. The third-order valence-corrected chi connectivity index (χ3v) is 4.27. The standard InChI is InChI=1S/C14H16ClNO3S/c1-4-6-11(5-2)16-14(17)13-8-7-12(9-10(13)3)20(15,18)19/h1,7-9,11H,5-6H2,2-3H3,(H,16,17). The second kappa shape index (κ2) is 6.78. The van der Waals surface area contributed by atoms with Gasteiger partial charge in [-0.25, -0.2) is 8.42 Å². The molecule has 1 unspecified atom stereocenters. The molecule has 1 aromatic rings. The summed E-state index contributed by atoms with van der Waals surface area (Å²) in [5.74, 6) is 2.23. The molecule has 0 saturated carbocycles. The second-order valence-electron chi connectivity index (χ2n) is 4.40. The number of terminal acetylenes is 1. The van der Waals surface area contributed by atoms with Crippen molar-refractivity contribution in [3.63, 3.8) is 0 Å². The number of nitrogens with one attached hydrogen (secondary N) is 1. The summed E-state index contributed by atoms with van der Waals surface area (Å²) in [4.78, 5) is 12.1. The van der Waals surface area contributed by atoms with Crippen molar-refractivity contribution in [2.75, 3.05) is 0 Å². The minimum atomic E-state index is -3.79. The van der Waals surface area contributed by atoms with Crippen molar-refractivity contribution in [2.45, 2.75) is 37.6 Å². The Balaban J connectivity index is 2.98. The van der Waals surface area contributed by atoms with Crippen LogP contribution in [-0.2, 0) is 9.05 Å². The number of amides is 1. The van der Waals surface area contributed by atoms with Crippen LogP contribution in [0.2, 0.25) is 0 Å². The summed E-state index contributed by atoms with van der Waals surface area (Å²) in [7, 11) is 1.47. The van der Waals surface area contributed by atoms with Crippen LogP contribution in [0.5, 0.6) is 0 Å². The highest BCUT2D eigenvalue weighted by Crippen LogP contribution is 2.19. The van der Waals surface area contributed by atoms with Gasteiger partial charge in [0.1, 0.15) is 0 Å². The summed E-state index contributed by atoms with van der Waals surface area (Å²) < 4.78 is 22.4. The monoisotopic (exact) mass is 313 g/mol. The van der Waals surface area contributed by atoms with Crippen molar-refractivity contribution >= 4 is 25.6 Å². The molecular formula is C14H16ClNO3S. The Morgan fingerprint density at radius 1 is 1.50 bits per heavy atom. The van der Waals surface area contributed by atoms with E-state index < -0.39 is 9.05 Å². The lowest BCUT2D eigenvalue weighted by Gasteiger charge is -2.15. The summed E-state index contributed by atoms with van der Waals surface area (Å²) in [6.45, 7) is 3.58. The molecule has 0 spiro atoms. The third-order valence-electron chi connectivity index (χ3n) is 2.92. The molecular weight excluding hydrogens is 298 g/mol. The van der Waals surface area contributed by atoms with Crippen LogP contribution in [-0.4, -0.2) is 20.4 Å². The summed E-state index contributed by atoms with van der Waals surface area (Å²) in [6.07, 6.45) is 6.41. The van der Waals surface area contributed by atoms with Crippen molar-refractivity contribution in [1.29, 1.82) is 0 Å². The van der Waals surface area contributed by atoms with Gasteiger partial charge in [0.05, 0.1) is 4.90 Å². The van der Waals surface area contributed by atoms with Gasteiger partial charge in [0.2, 0.25) is 0 Å². The van der Waals surface area contributed by atoms with Crippen LogP contribution < -0.4 is 5.32 Å². The Bertz CT molecular complexity index is 647. The lowest BCUT2D eigenvalue weighted by atomic mass is 10.1. The topological polar surface area (TPSA) is 63.2 Å². The molecule has 1 atom stereocenters. The highest BCUT2D eigenvalue weighted by Gasteiger charge is 2.16. The Morgan fingerprint density at radius 3 is 2.60 bits per heavy atom. The first-order chi connectivity index (χ1) is 9.29. The minimum absolute atomic E-state index is 0.0242. The van der Waals surface area contributed by atoms with Crippen LogP contribution in [0.4, 0.5) is 0 Å². The summed E-state index contributed by atoms with van der Waals surface area (Å²) in [5, 5.41) is 2.82. The lowest BCUT2D eigenvalue weighted by Crippen LogP contribution is -2.34. The van der Waals surface area contributed by atoms with E-state index in [-0.39, 0.29) is 16.8 Å². The van der Waals surface area contributed by atoms with Crippen molar-refractivity contribution in [3.05, 3.63) is 29.3 Å². The lowest BCUT2D eigenvalue weighted by molar-refractivity contribution is 0.0936. The molecule has 0 saturated heterocycles. The van der Waals surface area contributed by atoms with Crippen molar-refractivity contribution < 1.29 is 13.2 Å². The molecule has 4 nitrogen and oxygen atoms in total. The van der Waals surface area contributed by atoms with E-state index in [4.69, 9.17) is 17.1 Å². The average molecular weight is 314 g/mol. The molecule has 0 aliphatic carbocycles. The van der Waals surface area contributed by atoms with E-state index in [0.717, 1.165) is 6.42 Å². The van der Waals surface area contributed by atoms with Crippen LogP contribution in [0, 0.1) is 19.3 Å². The average Bonchev–Trinajstić information content (AvgIpc) is 2.36. The molecule has 1 rings (SSSR count). The molecule has 0 aliphatic rings. The van der Waals surface area contributed by atoms with E-state index >= 15 is 0 Å². The number of aryl methyl sites for hydroxylation is 1. The van der Waals surface area contributed by atoms with Crippen molar-refractivity contribution in [3.8, 4) is 12.3 Å². The molecule has 0 radical (unpaired) electrons. The first-order valence-electron chi connectivity index (χ1n) is 6.09. The molecule has 0 heterocycles. The maximum absolute atomic E-state index is 12.1. The predicted octanol–water partition coefficient (Wildman–Crippen LogP) is 2.45. The Hall–Kier alpha value is -1.51. The smallest absolute Gasteiger partial charge is 0.261 e. The number of halogens is 1. The number of benzene rings is 1. The molecule has 0 aliphatic heterocycles. The number of hydrogen-bond donors (Lipinski definition) is 1. The normalized spacial score (nSPS) is 12.5. The Kier molecular flexibility index (Phi) is 5.61. The maximum atomic E-state index is 12.1. The number of carbonyl (C=O) groups excluding carboxylic acids is 1. The fraction of sp³-hybridized carbons (Fsp3) is 0.357. The summed E-state index contributed by atoms with van der Waals surface area (Å²) in [5.41, 5.74) is 0.948. The molecule has 6 heteroatoms. The first-order valence-corrected chi connectivity index (χ1v) is 8.40. The van der Waals surface area contributed by atoms with E-state index in [0.29, 0.717) is 17.5 Å². The summed E-state index contributed by atoms with van der Waals surface area (Å²) >= 11 is 0. The molecule has 0 aromatic heterocycles. The first kappa shape index (κ1) is 16.5. The van der Waals surface area contributed by atoms with E-state index in [9.17, 15) is 13.2 Å². The molecule has 1 N–H and O–H groups in total. The van der Waals surface area contributed by atoms with Crippen LogP contribution in [0.25, 0.3) is 0 Å². The zero-order valence-electron chi connectivity index (χ0n) is 11.3. The number of carbonyl (C=O) groups is 1. The SMILES string of the molecule is C#CCC(CC)NC(=O)c1ccc(S(=O)(=O)Cl)cc1C. The second-order valence-corrected chi connectivity index (χ2v) is 6.97. The highest BCUT2D eigenvalue weighted by atomic mass is 35.7. The third kappa shape index (κ3) is 4.26. The number of rotatable bonds is 5. The Labute approximate surface area is 123 Å². The largest absolute Gasteiger partial charge is 0.348 e. The van der Waals surface area contributed by atoms with Crippen LogP contribution in [0.3, 0.4) is 0 Å². The van der Waals surface area contributed by atoms with Gasteiger partial charge >= 0.3 is 0 Å².